The average molecular weight is 382 g/mol. The Morgan fingerprint density at radius 1 is 1.25 bits per heavy atom. The van der Waals surface area contributed by atoms with Gasteiger partial charge in [-0.3, -0.25) is 0 Å². The van der Waals surface area contributed by atoms with Gasteiger partial charge >= 0.3 is 126 Å². The number of fused-ring (bicyclic) bond motifs is 1. The summed E-state index contributed by atoms with van der Waals surface area (Å²) in [5.74, 6) is 0. The molecule has 1 atom stereocenters. The van der Waals surface area contributed by atoms with Crippen molar-refractivity contribution in [1.82, 2.24) is 0 Å². The van der Waals surface area contributed by atoms with Gasteiger partial charge in [-0.05, 0) is 0 Å². The number of amides is 1. The monoisotopic (exact) mass is 383 g/mol. The molecule has 0 saturated heterocycles. The van der Waals surface area contributed by atoms with Gasteiger partial charge in [-0.15, -0.1) is 0 Å². The van der Waals surface area contributed by atoms with E-state index in [0.29, 0.717) is 4.06 Å². The Kier molecular flexibility index (Phi) is 4.11. The molecule has 0 aliphatic carbocycles. The number of hydrogen-bond donors (Lipinski definition) is 0. The fourth-order valence-electron chi connectivity index (χ4n) is 2.62. The molecule has 0 N–H and O–H groups in total. The van der Waals surface area contributed by atoms with Gasteiger partial charge in [0.05, 0.1) is 0 Å². The SMILES string of the molecule is CC(C)(C)OC(=O)N1c2ccccc2C[C@@H]1[Sn]([CH3])([CH3])[CH3]. The number of para-hydroxylation sites is 1. The van der Waals surface area contributed by atoms with Crippen LogP contribution in [-0.2, 0) is 11.2 Å². The molecule has 1 heterocycles. The van der Waals surface area contributed by atoms with E-state index in [9.17, 15) is 4.79 Å². The summed E-state index contributed by atoms with van der Waals surface area (Å²) in [5.41, 5.74) is 1.86. The molecule has 0 aromatic heterocycles. The zero-order valence-electron chi connectivity index (χ0n) is 13.4. The molecular formula is C16H25NO2Sn. The van der Waals surface area contributed by atoms with Crippen LogP contribution in [0.2, 0.25) is 14.8 Å². The standard InChI is InChI=1S/C13H16NO2.3CH3.Sn/c1-13(2,3)16-12(15)14-9-8-10-6-4-5-7-11(10)14;;;;/h4-7,9H,8H2,1-3H3;3*1H3;. The number of rotatable bonds is 1. The van der Waals surface area contributed by atoms with Crippen LogP contribution in [0.15, 0.2) is 24.3 Å². The third-order valence-electron chi connectivity index (χ3n) is 3.57. The van der Waals surface area contributed by atoms with E-state index >= 15 is 0 Å². The fourth-order valence-corrected chi connectivity index (χ4v) is 7.90. The molecule has 4 heteroatoms. The van der Waals surface area contributed by atoms with Crippen molar-refractivity contribution in [3.63, 3.8) is 0 Å². The number of carbonyl (C=O) groups is 1. The summed E-state index contributed by atoms with van der Waals surface area (Å²) in [6.07, 6.45) is 0.786. The second-order valence-corrected chi connectivity index (χ2v) is 23.0. The first-order valence-corrected chi connectivity index (χ1v) is 17.4. The summed E-state index contributed by atoms with van der Waals surface area (Å²) in [4.78, 5) is 21.7. The minimum absolute atomic E-state index is 0.195. The third kappa shape index (κ3) is 3.30. The zero-order chi connectivity index (χ0) is 15.1. The van der Waals surface area contributed by atoms with Crippen LogP contribution in [-0.4, -0.2) is 34.1 Å². The van der Waals surface area contributed by atoms with Crippen molar-refractivity contribution in [2.75, 3.05) is 4.90 Å². The first-order valence-electron chi connectivity index (χ1n) is 7.20. The maximum absolute atomic E-state index is 12.6. The van der Waals surface area contributed by atoms with E-state index in [4.69, 9.17) is 4.74 Å². The number of hydrogen-bond acceptors (Lipinski definition) is 2. The van der Waals surface area contributed by atoms with Crippen molar-refractivity contribution in [2.24, 2.45) is 0 Å². The summed E-state index contributed by atoms with van der Waals surface area (Å²) in [6.45, 7) is 5.76. The quantitative estimate of drug-likeness (QED) is 0.681. The van der Waals surface area contributed by atoms with Gasteiger partial charge in [0.1, 0.15) is 0 Å². The van der Waals surface area contributed by atoms with Crippen molar-refractivity contribution in [3.8, 4) is 0 Å². The summed E-state index contributed by atoms with van der Waals surface area (Å²) in [7, 11) is 0. The second kappa shape index (κ2) is 5.24. The number of carbonyl (C=O) groups excluding carboxylic acids is 1. The maximum atomic E-state index is 12.6. The average Bonchev–Trinajstić information content (AvgIpc) is 2.65. The number of benzene rings is 1. The fraction of sp³-hybridized carbons (Fsp3) is 0.562. The molecule has 0 saturated carbocycles. The molecule has 1 aromatic rings. The van der Waals surface area contributed by atoms with Crippen LogP contribution in [0.25, 0.3) is 0 Å². The molecular weight excluding hydrogens is 357 g/mol. The number of ether oxygens (including phenoxy) is 1. The molecule has 0 bridgehead atoms. The van der Waals surface area contributed by atoms with E-state index in [0.717, 1.165) is 12.1 Å². The molecule has 20 heavy (non-hydrogen) atoms. The first kappa shape index (κ1) is 15.7. The summed E-state index contributed by atoms with van der Waals surface area (Å²) in [5, 5.41) is 0. The topological polar surface area (TPSA) is 29.5 Å². The number of anilines is 1. The molecule has 0 radical (unpaired) electrons. The zero-order valence-corrected chi connectivity index (χ0v) is 16.2. The second-order valence-electron chi connectivity index (χ2n) is 7.57. The van der Waals surface area contributed by atoms with Gasteiger partial charge in [-0.1, -0.05) is 0 Å². The molecule has 2 rings (SSSR count). The Morgan fingerprint density at radius 3 is 2.40 bits per heavy atom. The van der Waals surface area contributed by atoms with Crippen molar-refractivity contribution >= 4 is 30.2 Å². The van der Waals surface area contributed by atoms with Crippen LogP contribution >= 0.6 is 0 Å². The van der Waals surface area contributed by atoms with Gasteiger partial charge in [0.2, 0.25) is 0 Å². The predicted molar refractivity (Wildman–Crippen MR) is 86.0 cm³/mol. The predicted octanol–water partition coefficient (Wildman–Crippen LogP) is 4.23. The van der Waals surface area contributed by atoms with Gasteiger partial charge in [0.15, 0.2) is 0 Å². The third-order valence-corrected chi connectivity index (χ3v) is 10.6. The van der Waals surface area contributed by atoms with Gasteiger partial charge in [-0.25, -0.2) is 0 Å². The van der Waals surface area contributed by atoms with E-state index in [1.165, 1.54) is 5.56 Å². The van der Waals surface area contributed by atoms with Crippen LogP contribution in [0.5, 0.6) is 0 Å². The molecule has 110 valence electrons. The molecule has 1 amide bonds. The Hall–Kier alpha value is -0.711. The van der Waals surface area contributed by atoms with Crippen molar-refractivity contribution in [2.45, 2.75) is 51.7 Å². The van der Waals surface area contributed by atoms with Crippen LogP contribution in [0, 0.1) is 0 Å². The minimum atomic E-state index is -2.27. The number of nitrogens with zero attached hydrogens (tertiary/aromatic N) is 1. The van der Waals surface area contributed by atoms with Crippen LogP contribution < -0.4 is 4.90 Å². The Balaban J connectivity index is 2.37. The molecule has 3 nitrogen and oxygen atoms in total. The van der Waals surface area contributed by atoms with E-state index in [1.807, 2.05) is 43.9 Å². The van der Waals surface area contributed by atoms with E-state index < -0.39 is 24.0 Å². The molecule has 1 aromatic carbocycles. The van der Waals surface area contributed by atoms with Gasteiger partial charge in [0.25, 0.3) is 0 Å². The first-order chi connectivity index (χ1) is 9.09. The van der Waals surface area contributed by atoms with E-state index in [-0.39, 0.29) is 6.09 Å². The molecule has 1 aliphatic heterocycles. The summed E-state index contributed by atoms with van der Waals surface area (Å²) in [6, 6.07) is 8.21. The molecule has 0 fully saturated rings. The Bertz CT molecular complexity index is 514. The summed E-state index contributed by atoms with van der Waals surface area (Å²) < 4.78 is 5.97. The van der Waals surface area contributed by atoms with Gasteiger partial charge < -0.3 is 0 Å². The van der Waals surface area contributed by atoms with E-state index in [2.05, 4.69) is 20.9 Å². The van der Waals surface area contributed by atoms with Crippen LogP contribution in [0.1, 0.15) is 26.3 Å². The molecule has 0 spiro atoms. The Labute approximate surface area is 126 Å². The van der Waals surface area contributed by atoms with Gasteiger partial charge in [0, 0.05) is 0 Å². The Morgan fingerprint density at radius 2 is 1.85 bits per heavy atom. The van der Waals surface area contributed by atoms with Crippen LogP contribution in [0.3, 0.4) is 0 Å². The van der Waals surface area contributed by atoms with E-state index in [1.54, 1.807) is 0 Å². The molecule has 1 aliphatic rings. The van der Waals surface area contributed by atoms with Crippen molar-refractivity contribution < 1.29 is 9.53 Å². The summed E-state index contributed by atoms with van der Waals surface area (Å²) >= 11 is -2.27. The molecule has 0 unspecified atom stereocenters. The van der Waals surface area contributed by atoms with Crippen LogP contribution in [0.4, 0.5) is 10.5 Å². The van der Waals surface area contributed by atoms with Crippen molar-refractivity contribution in [1.29, 1.82) is 0 Å². The van der Waals surface area contributed by atoms with Gasteiger partial charge in [-0.2, -0.15) is 0 Å². The van der Waals surface area contributed by atoms with Crippen molar-refractivity contribution in [3.05, 3.63) is 29.8 Å². The normalized spacial score (nSPS) is 18.9.